The van der Waals surface area contributed by atoms with Gasteiger partial charge in [0.1, 0.15) is 5.82 Å². The molecule has 2 N–H and O–H groups in total. The van der Waals surface area contributed by atoms with E-state index in [9.17, 15) is 4.79 Å². The third kappa shape index (κ3) is 4.18. The second-order valence-electron chi connectivity index (χ2n) is 5.73. The molecule has 2 aromatic rings. The zero-order chi connectivity index (χ0) is 16.1. The van der Waals surface area contributed by atoms with E-state index in [1.54, 1.807) is 12.4 Å². The molecule has 1 fully saturated rings. The summed E-state index contributed by atoms with van der Waals surface area (Å²) in [5.74, 6) is 0.887. The van der Waals surface area contributed by atoms with Gasteiger partial charge in [0, 0.05) is 49.8 Å². The SMILES string of the molecule is CC(=O)Nc1cccc(NC2CCN(c3cnccn3)CC2)c1. The summed E-state index contributed by atoms with van der Waals surface area (Å²) in [5, 5.41) is 6.36. The number of piperidine rings is 1. The van der Waals surface area contributed by atoms with Crippen LogP contribution in [0, 0.1) is 0 Å². The average Bonchev–Trinajstić information content (AvgIpc) is 2.56. The highest BCUT2D eigenvalue weighted by Crippen LogP contribution is 2.21. The fourth-order valence-corrected chi connectivity index (χ4v) is 2.83. The summed E-state index contributed by atoms with van der Waals surface area (Å²) in [6.45, 7) is 3.44. The maximum absolute atomic E-state index is 11.1. The summed E-state index contributed by atoms with van der Waals surface area (Å²) in [6, 6.07) is 8.26. The standard InChI is InChI=1S/C17H21N5O/c1-13(23)20-15-3-2-4-16(11-15)21-14-5-9-22(10-6-14)17-12-18-7-8-19-17/h2-4,7-8,11-12,14,21H,5-6,9-10H2,1H3,(H,20,23). The van der Waals surface area contributed by atoms with Crippen LogP contribution in [0.5, 0.6) is 0 Å². The lowest BCUT2D eigenvalue weighted by Gasteiger charge is -2.33. The molecule has 0 bridgehead atoms. The first-order valence-electron chi connectivity index (χ1n) is 7.86. The van der Waals surface area contributed by atoms with Crippen molar-refractivity contribution in [2.75, 3.05) is 28.6 Å². The smallest absolute Gasteiger partial charge is 0.221 e. The molecule has 2 heterocycles. The third-order valence-corrected chi connectivity index (χ3v) is 3.92. The van der Waals surface area contributed by atoms with Gasteiger partial charge in [0.2, 0.25) is 5.91 Å². The lowest BCUT2D eigenvalue weighted by Crippen LogP contribution is -2.39. The van der Waals surface area contributed by atoms with E-state index in [-0.39, 0.29) is 5.91 Å². The molecular weight excluding hydrogens is 290 g/mol. The highest BCUT2D eigenvalue weighted by Gasteiger charge is 2.20. The van der Waals surface area contributed by atoms with E-state index < -0.39 is 0 Å². The second kappa shape index (κ2) is 7.09. The molecule has 0 atom stereocenters. The van der Waals surface area contributed by atoms with Gasteiger partial charge in [0.15, 0.2) is 0 Å². The normalized spacial score (nSPS) is 15.3. The van der Waals surface area contributed by atoms with Gasteiger partial charge >= 0.3 is 0 Å². The third-order valence-electron chi connectivity index (χ3n) is 3.92. The first kappa shape index (κ1) is 15.3. The molecule has 6 heteroatoms. The number of carbonyl (C=O) groups is 1. The fraction of sp³-hybridized carbons (Fsp3) is 0.353. The predicted octanol–water partition coefficient (Wildman–Crippen LogP) is 2.52. The number of aromatic nitrogens is 2. The van der Waals surface area contributed by atoms with Crippen LogP contribution in [0.1, 0.15) is 19.8 Å². The molecule has 3 rings (SSSR count). The molecule has 1 aliphatic heterocycles. The number of nitrogens with one attached hydrogen (secondary N) is 2. The van der Waals surface area contributed by atoms with Gasteiger partial charge in [-0.3, -0.25) is 9.78 Å². The zero-order valence-corrected chi connectivity index (χ0v) is 13.2. The van der Waals surface area contributed by atoms with Crippen LogP contribution in [-0.2, 0) is 4.79 Å². The predicted molar refractivity (Wildman–Crippen MR) is 91.6 cm³/mol. The molecule has 0 aliphatic carbocycles. The maximum Gasteiger partial charge on any atom is 0.221 e. The molecule has 23 heavy (non-hydrogen) atoms. The van der Waals surface area contributed by atoms with Crippen LogP contribution in [0.4, 0.5) is 17.2 Å². The number of amides is 1. The van der Waals surface area contributed by atoms with E-state index in [1.807, 2.05) is 30.5 Å². The van der Waals surface area contributed by atoms with Crippen molar-refractivity contribution in [3.05, 3.63) is 42.9 Å². The number of rotatable bonds is 4. The molecule has 1 aromatic heterocycles. The van der Waals surface area contributed by atoms with Gasteiger partial charge in [0.25, 0.3) is 0 Å². The molecular formula is C17H21N5O. The van der Waals surface area contributed by atoms with Crippen molar-refractivity contribution in [3.63, 3.8) is 0 Å². The van der Waals surface area contributed by atoms with Crippen molar-refractivity contribution < 1.29 is 4.79 Å². The molecule has 1 saturated heterocycles. The van der Waals surface area contributed by atoms with Crippen molar-refractivity contribution in [2.45, 2.75) is 25.8 Å². The lowest BCUT2D eigenvalue weighted by atomic mass is 10.0. The van der Waals surface area contributed by atoms with Crippen LogP contribution in [0.3, 0.4) is 0 Å². The number of carbonyl (C=O) groups excluding carboxylic acids is 1. The quantitative estimate of drug-likeness (QED) is 0.908. The summed E-state index contributed by atoms with van der Waals surface area (Å²) in [7, 11) is 0. The highest BCUT2D eigenvalue weighted by molar-refractivity contribution is 5.89. The Bertz CT molecular complexity index is 653. The van der Waals surface area contributed by atoms with Crippen LogP contribution in [0.2, 0.25) is 0 Å². The van der Waals surface area contributed by atoms with Gasteiger partial charge in [-0.1, -0.05) is 6.07 Å². The van der Waals surface area contributed by atoms with E-state index in [1.165, 1.54) is 6.92 Å². The number of anilines is 3. The molecule has 1 aromatic carbocycles. The number of nitrogens with zero attached hydrogens (tertiary/aromatic N) is 3. The zero-order valence-electron chi connectivity index (χ0n) is 13.2. The number of hydrogen-bond donors (Lipinski definition) is 2. The van der Waals surface area contributed by atoms with Gasteiger partial charge in [-0.05, 0) is 31.0 Å². The van der Waals surface area contributed by atoms with E-state index >= 15 is 0 Å². The molecule has 120 valence electrons. The summed E-state index contributed by atoms with van der Waals surface area (Å²) < 4.78 is 0. The lowest BCUT2D eigenvalue weighted by molar-refractivity contribution is -0.114. The Hall–Kier alpha value is -2.63. The van der Waals surface area contributed by atoms with Crippen LogP contribution in [0.25, 0.3) is 0 Å². The molecule has 0 unspecified atom stereocenters. The monoisotopic (exact) mass is 311 g/mol. The Kier molecular flexibility index (Phi) is 4.71. The Morgan fingerprint density at radius 3 is 2.70 bits per heavy atom. The van der Waals surface area contributed by atoms with Crippen LogP contribution >= 0.6 is 0 Å². The van der Waals surface area contributed by atoms with Crippen molar-refractivity contribution in [1.29, 1.82) is 0 Å². The summed E-state index contributed by atoms with van der Waals surface area (Å²) in [5.41, 5.74) is 1.86. The molecule has 6 nitrogen and oxygen atoms in total. The van der Waals surface area contributed by atoms with Gasteiger partial charge < -0.3 is 15.5 Å². The first-order valence-corrected chi connectivity index (χ1v) is 7.86. The molecule has 0 spiro atoms. The first-order chi connectivity index (χ1) is 11.2. The summed E-state index contributed by atoms with van der Waals surface area (Å²) in [4.78, 5) is 21.9. The van der Waals surface area contributed by atoms with Crippen LogP contribution < -0.4 is 15.5 Å². The van der Waals surface area contributed by atoms with Crippen molar-refractivity contribution in [2.24, 2.45) is 0 Å². The van der Waals surface area contributed by atoms with Crippen molar-refractivity contribution in [3.8, 4) is 0 Å². The van der Waals surface area contributed by atoms with Gasteiger partial charge in [-0.15, -0.1) is 0 Å². The van der Waals surface area contributed by atoms with E-state index in [0.29, 0.717) is 6.04 Å². The summed E-state index contributed by atoms with van der Waals surface area (Å²) >= 11 is 0. The molecule has 1 amide bonds. The molecule has 1 aliphatic rings. The van der Waals surface area contributed by atoms with E-state index in [0.717, 1.165) is 43.1 Å². The minimum absolute atomic E-state index is 0.0561. The van der Waals surface area contributed by atoms with Crippen LogP contribution in [-0.4, -0.2) is 35.0 Å². The highest BCUT2D eigenvalue weighted by atomic mass is 16.1. The average molecular weight is 311 g/mol. The summed E-state index contributed by atoms with van der Waals surface area (Å²) in [6.07, 6.45) is 7.32. The Balaban J connectivity index is 1.55. The second-order valence-corrected chi connectivity index (χ2v) is 5.73. The van der Waals surface area contributed by atoms with Gasteiger partial charge in [-0.25, -0.2) is 4.98 Å². The fourth-order valence-electron chi connectivity index (χ4n) is 2.83. The minimum Gasteiger partial charge on any atom is -0.382 e. The Morgan fingerprint density at radius 1 is 1.22 bits per heavy atom. The van der Waals surface area contributed by atoms with E-state index in [4.69, 9.17) is 0 Å². The molecule has 0 radical (unpaired) electrons. The number of hydrogen-bond acceptors (Lipinski definition) is 5. The van der Waals surface area contributed by atoms with Gasteiger partial charge in [-0.2, -0.15) is 0 Å². The largest absolute Gasteiger partial charge is 0.382 e. The van der Waals surface area contributed by atoms with Crippen LogP contribution in [0.15, 0.2) is 42.9 Å². The van der Waals surface area contributed by atoms with E-state index in [2.05, 4.69) is 25.5 Å². The van der Waals surface area contributed by atoms with Gasteiger partial charge in [0.05, 0.1) is 6.20 Å². The number of benzene rings is 1. The molecule has 0 saturated carbocycles. The topological polar surface area (TPSA) is 70.2 Å². The maximum atomic E-state index is 11.1. The minimum atomic E-state index is -0.0561. The van der Waals surface area contributed by atoms with Crippen molar-refractivity contribution in [1.82, 2.24) is 9.97 Å². The Morgan fingerprint density at radius 2 is 2.00 bits per heavy atom. The Labute approximate surface area is 135 Å². The van der Waals surface area contributed by atoms with Crippen molar-refractivity contribution >= 4 is 23.1 Å².